The van der Waals surface area contributed by atoms with Gasteiger partial charge >= 0.3 is 6.09 Å². The van der Waals surface area contributed by atoms with Crippen molar-refractivity contribution in [3.8, 4) is 0 Å². The smallest absolute Gasteiger partial charge is 0.407 e. The molecule has 0 aromatic carbocycles. The number of hydrogen-bond donors (Lipinski definition) is 1. The summed E-state index contributed by atoms with van der Waals surface area (Å²) in [5.41, 5.74) is 2.42. The average Bonchev–Trinajstić information content (AvgIpc) is 1.97. The molecule has 0 aliphatic heterocycles. The van der Waals surface area contributed by atoms with Gasteiger partial charge in [0.1, 0.15) is 6.29 Å². The van der Waals surface area contributed by atoms with Crippen molar-refractivity contribution in [1.29, 1.82) is 0 Å². The SMILES string of the molecule is C=C=CCN(CC=O)C(=O)O. The van der Waals surface area contributed by atoms with Gasteiger partial charge in [0.15, 0.2) is 0 Å². The fourth-order valence-corrected chi connectivity index (χ4v) is 0.495. The standard InChI is InChI=1S/C7H9NO3/c1-2-3-4-8(5-6-9)7(10)11/h3,6H,1,4-5H2,(H,10,11). The van der Waals surface area contributed by atoms with Crippen molar-refractivity contribution in [2.75, 3.05) is 13.1 Å². The molecule has 11 heavy (non-hydrogen) atoms. The lowest BCUT2D eigenvalue weighted by Gasteiger charge is -2.11. The highest BCUT2D eigenvalue weighted by Gasteiger charge is 2.07. The molecule has 1 N–H and O–H groups in total. The number of amides is 1. The van der Waals surface area contributed by atoms with Crippen LogP contribution in [0, 0.1) is 0 Å². The molecule has 0 atom stereocenters. The first-order chi connectivity index (χ1) is 5.22. The van der Waals surface area contributed by atoms with Gasteiger partial charge in [0, 0.05) is 6.54 Å². The summed E-state index contributed by atoms with van der Waals surface area (Å²) >= 11 is 0. The Morgan fingerprint density at radius 2 is 2.27 bits per heavy atom. The predicted molar refractivity (Wildman–Crippen MR) is 39.4 cm³/mol. The number of nitrogens with zero attached hydrogens (tertiary/aromatic N) is 1. The van der Waals surface area contributed by atoms with Crippen LogP contribution in [-0.2, 0) is 4.79 Å². The third kappa shape index (κ3) is 3.95. The highest BCUT2D eigenvalue weighted by molar-refractivity contribution is 5.69. The van der Waals surface area contributed by atoms with E-state index in [1.54, 1.807) is 0 Å². The van der Waals surface area contributed by atoms with Crippen LogP contribution in [-0.4, -0.2) is 35.5 Å². The molecule has 0 heterocycles. The molecule has 0 aliphatic rings. The number of carbonyl (C=O) groups is 2. The second kappa shape index (κ2) is 5.26. The van der Waals surface area contributed by atoms with Crippen LogP contribution in [0.5, 0.6) is 0 Å². The molecule has 0 unspecified atom stereocenters. The topological polar surface area (TPSA) is 57.6 Å². The van der Waals surface area contributed by atoms with Crippen molar-refractivity contribution in [3.63, 3.8) is 0 Å². The molecule has 4 heteroatoms. The second-order valence-electron chi connectivity index (χ2n) is 1.76. The molecular weight excluding hydrogens is 146 g/mol. The Kier molecular flexibility index (Phi) is 4.52. The molecule has 0 radical (unpaired) electrons. The van der Waals surface area contributed by atoms with Gasteiger partial charge in [-0.3, -0.25) is 4.90 Å². The molecule has 0 aromatic heterocycles. The average molecular weight is 155 g/mol. The highest BCUT2D eigenvalue weighted by Crippen LogP contribution is 1.86. The fourth-order valence-electron chi connectivity index (χ4n) is 0.495. The van der Waals surface area contributed by atoms with E-state index in [2.05, 4.69) is 12.3 Å². The van der Waals surface area contributed by atoms with E-state index in [-0.39, 0.29) is 13.1 Å². The number of rotatable bonds is 4. The summed E-state index contributed by atoms with van der Waals surface area (Å²) in [7, 11) is 0. The van der Waals surface area contributed by atoms with Gasteiger partial charge in [-0.1, -0.05) is 6.58 Å². The maximum atomic E-state index is 10.3. The lowest BCUT2D eigenvalue weighted by atomic mass is 10.5. The minimum absolute atomic E-state index is 0.118. The normalized spacial score (nSPS) is 8.00. The molecule has 4 nitrogen and oxygen atoms in total. The van der Waals surface area contributed by atoms with Gasteiger partial charge < -0.3 is 9.90 Å². The van der Waals surface area contributed by atoms with Crippen molar-refractivity contribution in [1.82, 2.24) is 4.90 Å². The van der Waals surface area contributed by atoms with Crippen molar-refractivity contribution in [2.45, 2.75) is 0 Å². The lowest BCUT2D eigenvalue weighted by Crippen LogP contribution is -2.31. The Labute approximate surface area is 64.4 Å². The van der Waals surface area contributed by atoms with E-state index < -0.39 is 6.09 Å². The first-order valence-electron chi connectivity index (χ1n) is 2.98. The molecule has 0 fully saturated rings. The minimum atomic E-state index is -1.12. The Hall–Kier alpha value is -1.54. The van der Waals surface area contributed by atoms with E-state index in [0.29, 0.717) is 6.29 Å². The van der Waals surface area contributed by atoms with E-state index in [9.17, 15) is 9.59 Å². The number of carboxylic acid groups (broad SMARTS) is 1. The zero-order valence-electron chi connectivity index (χ0n) is 5.99. The summed E-state index contributed by atoms with van der Waals surface area (Å²) in [5.74, 6) is 0. The zero-order valence-corrected chi connectivity index (χ0v) is 5.99. The van der Waals surface area contributed by atoms with Crippen LogP contribution in [0.4, 0.5) is 4.79 Å². The fraction of sp³-hybridized carbons (Fsp3) is 0.286. The van der Waals surface area contributed by atoms with Gasteiger partial charge in [0.05, 0.1) is 6.54 Å². The first kappa shape index (κ1) is 9.46. The minimum Gasteiger partial charge on any atom is -0.465 e. The monoisotopic (exact) mass is 155 g/mol. The molecule has 0 rings (SSSR count). The zero-order chi connectivity index (χ0) is 8.69. The van der Waals surface area contributed by atoms with Crippen LogP contribution in [0.2, 0.25) is 0 Å². The molecule has 0 aliphatic carbocycles. The highest BCUT2D eigenvalue weighted by atomic mass is 16.4. The molecule has 0 saturated heterocycles. The second-order valence-corrected chi connectivity index (χ2v) is 1.76. The Morgan fingerprint density at radius 3 is 2.64 bits per heavy atom. The van der Waals surface area contributed by atoms with Gasteiger partial charge in [-0.2, -0.15) is 0 Å². The maximum Gasteiger partial charge on any atom is 0.407 e. The van der Waals surface area contributed by atoms with Crippen LogP contribution in [0.15, 0.2) is 18.4 Å². The van der Waals surface area contributed by atoms with Crippen LogP contribution in [0.25, 0.3) is 0 Å². The van der Waals surface area contributed by atoms with Crippen LogP contribution in [0.1, 0.15) is 0 Å². The number of hydrogen-bond acceptors (Lipinski definition) is 2. The Bertz CT molecular complexity index is 194. The molecule has 1 amide bonds. The predicted octanol–water partition coefficient (Wildman–Crippen LogP) is 0.506. The largest absolute Gasteiger partial charge is 0.465 e. The molecule has 0 bridgehead atoms. The third-order valence-corrected chi connectivity index (χ3v) is 1.02. The number of aldehydes is 1. The third-order valence-electron chi connectivity index (χ3n) is 1.02. The summed E-state index contributed by atoms with van der Waals surface area (Å²) in [6.45, 7) is 3.30. The van der Waals surface area contributed by atoms with Crippen LogP contribution < -0.4 is 0 Å². The maximum absolute atomic E-state index is 10.3. The van der Waals surface area contributed by atoms with E-state index in [1.165, 1.54) is 6.08 Å². The van der Waals surface area contributed by atoms with Gasteiger partial charge in [-0.05, 0) is 6.08 Å². The van der Waals surface area contributed by atoms with E-state index >= 15 is 0 Å². The summed E-state index contributed by atoms with van der Waals surface area (Å²) in [6, 6.07) is 0. The van der Waals surface area contributed by atoms with E-state index in [4.69, 9.17) is 5.11 Å². The van der Waals surface area contributed by atoms with E-state index in [1.807, 2.05) is 0 Å². The number of carbonyl (C=O) groups excluding carboxylic acids is 1. The van der Waals surface area contributed by atoms with Gasteiger partial charge in [-0.25, -0.2) is 4.79 Å². The lowest BCUT2D eigenvalue weighted by molar-refractivity contribution is -0.108. The summed E-state index contributed by atoms with van der Waals surface area (Å²) in [5, 5.41) is 8.43. The molecule has 60 valence electrons. The molecule has 0 aromatic rings. The van der Waals surface area contributed by atoms with Crippen molar-refractivity contribution in [2.24, 2.45) is 0 Å². The quantitative estimate of drug-likeness (QED) is 0.475. The summed E-state index contributed by atoms with van der Waals surface area (Å²) in [6.07, 6.45) is 0.853. The Balaban J connectivity index is 3.98. The van der Waals surface area contributed by atoms with E-state index in [0.717, 1.165) is 4.90 Å². The van der Waals surface area contributed by atoms with Gasteiger partial charge in [0.25, 0.3) is 0 Å². The van der Waals surface area contributed by atoms with Crippen LogP contribution >= 0.6 is 0 Å². The molecule has 0 saturated carbocycles. The summed E-state index contributed by atoms with van der Waals surface area (Å²) < 4.78 is 0. The van der Waals surface area contributed by atoms with Gasteiger partial charge in [-0.15, -0.1) is 5.73 Å². The first-order valence-corrected chi connectivity index (χ1v) is 2.98. The Morgan fingerprint density at radius 1 is 1.64 bits per heavy atom. The molecular formula is C7H9NO3. The van der Waals surface area contributed by atoms with Crippen molar-refractivity contribution >= 4 is 12.4 Å². The van der Waals surface area contributed by atoms with Crippen LogP contribution in [0.3, 0.4) is 0 Å². The van der Waals surface area contributed by atoms with Gasteiger partial charge in [0.2, 0.25) is 0 Å². The summed E-state index contributed by atoms with van der Waals surface area (Å²) in [4.78, 5) is 21.2. The van der Waals surface area contributed by atoms with Crippen molar-refractivity contribution < 1.29 is 14.7 Å². The molecule has 0 spiro atoms. The van der Waals surface area contributed by atoms with Crippen molar-refractivity contribution in [3.05, 3.63) is 18.4 Å².